The molecular formula is C23H25N3O4S2. The first kappa shape index (κ1) is 23.6. The molecule has 0 aliphatic carbocycles. The van der Waals surface area contributed by atoms with Crippen LogP contribution in [0, 0.1) is 6.92 Å². The Balaban J connectivity index is 1.97. The van der Waals surface area contributed by atoms with Crippen LogP contribution in [0.2, 0.25) is 0 Å². The normalized spacial score (nSPS) is 12.3. The first-order chi connectivity index (χ1) is 15.2. The van der Waals surface area contributed by atoms with Gasteiger partial charge in [-0.1, -0.05) is 29.6 Å². The number of ether oxygens (including phenoxy) is 1. The SMILES string of the molecule is C=CCN(CC=C)S(=O)(=O)c1ccc(C(=O)N=c2sc3c(C)ccc(OC)c3n2C)cc1. The van der Waals surface area contributed by atoms with Gasteiger partial charge >= 0.3 is 0 Å². The van der Waals surface area contributed by atoms with Crippen molar-refractivity contribution in [2.45, 2.75) is 11.8 Å². The zero-order valence-corrected chi connectivity index (χ0v) is 19.9. The van der Waals surface area contributed by atoms with Crippen molar-refractivity contribution in [2.75, 3.05) is 20.2 Å². The van der Waals surface area contributed by atoms with Gasteiger partial charge in [0.25, 0.3) is 5.91 Å². The highest BCUT2D eigenvalue weighted by Crippen LogP contribution is 2.29. The highest BCUT2D eigenvalue weighted by atomic mass is 32.2. The minimum absolute atomic E-state index is 0.0885. The molecule has 9 heteroatoms. The summed E-state index contributed by atoms with van der Waals surface area (Å²) in [6.45, 7) is 9.52. The van der Waals surface area contributed by atoms with Gasteiger partial charge in [0.15, 0.2) is 4.80 Å². The van der Waals surface area contributed by atoms with Crippen molar-refractivity contribution in [2.24, 2.45) is 12.0 Å². The third-order valence-corrected chi connectivity index (χ3v) is 8.04. The van der Waals surface area contributed by atoms with Gasteiger partial charge in [-0.3, -0.25) is 4.79 Å². The number of methoxy groups -OCH3 is 1. The van der Waals surface area contributed by atoms with E-state index in [-0.39, 0.29) is 18.0 Å². The summed E-state index contributed by atoms with van der Waals surface area (Å²) < 4.78 is 35.2. The molecule has 3 aromatic rings. The van der Waals surface area contributed by atoms with E-state index in [1.54, 1.807) is 7.11 Å². The van der Waals surface area contributed by atoms with Crippen LogP contribution < -0.4 is 9.54 Å². The van der Waals surface area contributed by atoms with Gasteiger partial charge in [-0.2, -0.15) is 9.30 Å². The van der Waals surface area contributed by atoms with E-state index in [2.05, 4.69) is 18.2 Å². The van der Waals surface area contributed by atoms with Crippen LogP contribution in [0.15, 0.2) is 71.6 Å². The summed E-state index contributed by atoms with van der Waals surface area (Å²) in [5.41, 5.74) is 2.23. The van der Waals surface area contributed by atoms with Crippen molar-refractivity contribution in [3.05, 3.63) is 77.6 Å². The molecule has 2 aromatic carbocycles. The second-order valence-electron chi connectivity index (χ2n) is 7.05. The first-order valence-corrected chi connectivity index (χ1v) is 12.0. The van der Waals surface area contributed by atoms with Crippen LogP contribution in [0.5, 0.6) is 5.75 Å². The molecule has 0 spiro atoms. The van der Waals surface area contributed by atoms with Crippen molar-refractivity contribution in [1.82, 2.24) is 8.87 Å². The van der Waals surface area contributed by atoms with Gasteiger partial charge in [0.1, 0.15) is 11.3 Å². The number of amides is 1. The summed E-state index contributed by atoms with van der Waals surface area (Å²) in [5, 5.41) is 0. The lowest BCUT2D eigenvalue weighted by atomic mass is 10.2. The quantitative estimate of drug-likeness (QED) is 0.470. The van der Waals surface area contributed by atoms with Gasteiger partial charge in [0, 0.05) is 25.7 Å². The summed E-state index contributed by atoms with van der Waals surface area (Å²) in [4.78, 5) is 17.7. The van der Waals surface area contributed by atoms with E-state index >= 15 is 0 Å². The van der Waals surface area contributed by atoms with Crippen molar-refractivity contribution in [3.63, 3.8) is 0 Å². The second kappa shape index (κ2) is 9.64. The fourth-order valence-corrected chi connectivity index (χ4v) is 5.73. The molecule has 0 saturated heterocycles. The van der Waals surface area contributed by atoms with Crippen LogP contribution in [-0.4, -0.2) is 43.4 Å². The average molecular weight is 472 g/mol. The minimum atomic E-state index is -3.73. The Kier molecular flexibility index (Phi) is 7.12. The van der Waals surface area contributed by atoms with E-state index in [1.807, 2.05) is 30.7 Å². The molecule has 1 amide bonds. The maximum absolute atomic E-state index is 12.8. The van der Waals surface area contributed by atoms with Crippen LogP contribution in [0.25, 0.3) is 10.2 Å². The highest BCUT2D eigenvalue weighted by molar-refractivity contribution is 7.89. The predicted octanol–water partition coefficient (Wildman–Crippen LogP) is 3.66. The molecule has 0 unspecified atom stereocenters. The molecule has 0 aliphatic rings. The van der Waals surface area contributed by atoms with Gasteiger partial charge in [-0.25, -0.2) is 8.42 Å². The Morgan fingerprint density at radius 3 is 2.34 bits per heavy atom. The lowest BCUT2D eigenvalue weighted by molar-refractivity contribution is 0.0998. The van der Waals surface area contributed by atoms with E-state index in [0.29, 0.717) is 16.1 Å². The lowest BCUT2D eigenvalue weighted by Crippen LogP contribution is -2.31. The summed E-state index contributed by atoms with van der Waals surface area (Å²) in [7, 11) is -0.299. The number of nitrogens with zero attached hydrogens (tertiary/aromatic N) is 3. The zero-order valence-electron chi connectivity index (χ0n) is 18.2. The third-order valence-electron chi connectivity index (χ3n) is 4.93. The van der Waals surface area contributed by atoms with Crippen LogP contribution in [0.3, 0.4) is 0 Å². The summed E-state index contributed by atoms with van der Waals surface area (Å²) in [6.07, 6.45) is 3.03. The highest BCUT2D eigenvalue weighted by Gasteiger charge is 2.22. The molecule has 168 valence electrons. The Hall–Kier alpha value is -3.01. The van der Waals surface area contributed by atoms with Gasteiger partial charge in [-0.05, 0) is 42.8 Å². The smallest absolute Gasteiger partial charge is 0.279 e. The van der Waals surface area contributed by atoms with Crippen LogP contribution in [-0.2, 0) is 17.1 Å². The largest absolute Gasteiger partial charge is 0.495 e. The Bertz CT molecular complexity index is 1340. The number of carbonyl (C=O) groups is 1. The van der Waals surface area contributed by atoms with Gasteiger partial charge in [0.2, 0.25) is 10.0 Å². The number of hydrogen-bond donors (Lipinski definition) is 0. The molecule has 0 atom stereocenters. The van der Waals surface area contributed by atoms with Crippen molar-refractivity contribution in [3.8, 4) is 5.75 Å². The number of benzene rings is 2. The number of thiazole rings is 1. The molecule has 0 aliphatic heterocycles. The van der Waals surface area contributed by atoms with Gasteiger partial charge in [-0.15, -0.1) is 13.2 Å². The molecule has 1 heterocycles. The van der Waals surface area contributed by atoms with Crippen LogP contribution in [0.4, 0.5) is 0 Å². The van der Waals surface area contributed by atoms with E-state index in [0.717, 1.165) is 15.8 Å². The predicted molar refractivity (Wildman–Crippen MR) is 128 cm³/mol. The molecular weight excluding hydrogens is 446 g/mol. The number of sulfonamides is 1. The molecule has 32 heavy (non-hydrogen) atoms. The van der Waals surface area contributed by atoms with Crippen molar-refractivity contribution >= 4 is 37.5 Å². The second-order valence-corrected chi connectivity index (χ2v) is 9.96. The summed E-state index contributed by atoms with van der Waals surface area (Å²) >= 11 is 1.40. The standard InChI is InChI=1S/C23H25N3O4S2/c1-6-14-26(15-7-2)32(28,29)18-11-9-17(10-12-18)22(27)24-23-25(4)20-19(30-5)13-8-16(3)21(20)31-23/h6-13H,1-2,14-15H2,3-5H3. The lowest BCUT2D eigenvalue weighted by Gasteiger charge is -2.19. The van der Waals surface area contributed by atoms with E-state index in [1.165, 1.54) is 52.1 Å². The maximum atomic E-state index is 12.8. The number of carbonyl (C=O) groups excluding carboxylic acids is 1. The first-order valence-electron chi connectivity index (χ1n) is 9.78. The Morgan fingerprint density at radius 2 is 1.78 bits per heavy atom. The van der Waals surface area contributed by atoms with E-state index < -0.39 is 15.9 Å². The molecule has 0 saturated carbocycles. The molecule has 1 aromatic heterocycles. The van der Waals surface area contributed by atoms with Gasteiger partial charge < -0.3 is 9.30 Å². The Labute approximate surface area is 191 Å². The number of fused-ring (bicyclic) bond motifs is 1. The number of rotatable bonds is 8. The van der Waals surface area contributed by atoms with E-state index in [9.17, 15) is 13.2 Å². The van der Waals surface area contributed by atoms with Crippen LogP contribution >= 0.6 is 11.3 Å². The maximum Gasteiger partial charge on any atom is 0.279 e. The number of hydrogen-bond acceptors (Lipinski definition) is 5. The monoisotopic (exact) mass is 471 g/mol. The van der Waals surface area contributed by atoms with Crippen molar-refractivity contribution < 1.29 is 17.9 Å². The topological polar surface area (TPSA) is 81.0 Å². The molecule has 3 rings (SSSR count). The number of aryl methyl sites for hydroxylation is 2. The molecule has 7 nitrogen and oxygen atoms in total. The minimum Gasteiger partial charge on any atom is -0.495 e. The molecule has 0 bridgehead atoms. The third kappa shape index (κ3) is 4.45. The van der Waals surface area contributed by atoms with Gasteiger partial charge in [0.05, 0.1) is 16.7 Å². The zero-order chi connectivity index (χ0) is 23.5. The fourth-order valence-electron chi connectivity index (χ4n) is 3.25. The summed E-state index contributed by atoms with van der Waals surface area (Å²) in [6, 6.07) is 9.61. The summed E-state index contributed by atoms with van der Waals surface area (Å²) in [5.74, 6) is 0.248. The number of aromatic nitrogens is 1. The van der Waals surface area contributed by atoms with Crippen molar-refractivity contribution in [1.29, 1.82) is 0 Å². The Morgan fingerprint density at radius 1 is 1.16 bits per heavy atom. The van der Waals surface area contributed by atoms with Crippen LogP contribution in [0.1, 0.15) is 15.9 Å². The average Bonchev–Trinajstić information content (AvgIpc) is 3.11. The van der Waals surface area contributed by atoms with E-state index in [4.69, 9.17) is 4.74 Å². The molecule has 0 fully saturated rings. The molecule has 0 radical (unpaired) electrons. The fraction of sp³-hybridized carbons (Fsp3) is 0.217. The molecule has 0 N–H and O–H groups in total.